The van der Waals surface area contributed by atoms with Crippen LogP contribution in [0.15, 0.2) is 0 Å². The Bertz CT molecular complexity index is 38.8. The summed E-state index contributed by atoms with van der Waals surface area (Å²) in [6, 6.07) is 0. The summed E-state index contributed by atoms with van der Waals surface area (Å²) >= 11 is 0. The van der Waals surface area contributed by atoms with Gasteiger partial charge in [0, 0.05) is 21.1 Å². The van der Waals surface area contributed by atoms with Crippen LogP contribution in [0.4, 0.5) is 4.79 Å². The molecule has 14 N–H and O–H groups in total. The Morgan fingerprint density at radius 3 is 0.889 bits per heavy atom. The van der Waals surface area contributed by atoms with Crippen molar-refractivity contribution in [1.29, 1.82) is 0 Å². The van der Waals surface area contributed by atoms with E-state index < -0.39 is 6.16 Å². The number of carbonyl (C=O) groups is 1. The van der Waals surface area contributed by atoms with Crippen molar-refractivity contribution in [2.24, 2.45) is 0 Å². The number of hydrogen-bond donors (Lipinski definition) is 6. The molecule has 0 aliphatic rings. The molecule has 0 rings (SSSR count). The SMILES string of the molecule is N.N.N.N.O=C(O)O.[Pt]. The van der Waals surface area contributed by atoms with E-state index in [-0.39, 0.29) is 45.7 Å². The predicted molar refractivity (Wildman–Crippen MR) is 30.7 cm³/mol. The molecule has 0 fully saturated rings. The molecule has 0 unspecified atom stereocenters. The van der Waals surface area contributed by atoms with E-state index in [0.29, 0.717) is 0 Å². The summed E-state index contributed by atoms with van der Waals surface area (Å²) in [5, 5.41) is 13.9. The van der Waals surface area contributed by atoms with Crippen LogP contribution in [0.2, 0.25) is 0 Å². The molecule has 0 aromatic carbocycles. The Labute approximate surface area is 67.4 Å². The molecule has 0 bridgehead atoms. The van der Waals surface area contributed by atoms with Crippen LogP contribution in [0.5, 0.6) is 0 Å². The molecule has 0 saturated carbocycles. The Hall–Kier alpha value is -0.202. The fourth-order valence-corrected chi connectivity index (χ4v) is 0. The third kappa shape index (κ3) is 6450. The first kappa shape index (κ1) is 68.3. The molecule has 0 aliphatic heterocycles. The van der Waals surface area contributed by atoms with Gasteiger partial charge in [-0.2, -0.15) is 0 Å². The van der Waals surface area contributed by atoms with Crippen molar-refractivity contribution < 1.29 is 36.1 Å². The molecule has 66 valence electrons. The van der Waals surface area contributed by atoms with E-state index in [9.17, 15) is 0 Å². The van der Waals surface area contributed by atoms with Gasteiger partial charge in [-0.3, -0.25) is 0 Å². The molecule has 0 aromatic rings. The molecule has 0 heterocycles. The maximum atomic E-state index is 8.56. The third-order valence-corrected chi connectivity index (χ3v) is 0. The zero-order valence-corrected chi connectivity index (χ0v) is 7.22. The molecule has 0 saturated heterocycles. The maximum Gasteiger partial charge on any atom is 0.503 e. The van der Waals surface area contributed by atoms with Gasteiger partial charge in [-0.1, -0.05) is 0 Å². The predicted octanol–water partition coefficient (Wildman–Crippen LogP) is 0.868. The van der Waals surface area contributed by atoms with Gasteiger partial charge in [0.2, 0.25) is 0 Å². The van der Waals surface area contributed by atoms with Gasteiger partial charge in [-0.25, -0.2) is 4.79 Å². The second kappa shape index (κ2) is 46.0. The number of carboxylic acid groups (broad SMARTS) is 2. The van der Waals surface area contributed by atoms with Crippen LogP contribution in [0, 0.1) is 0 Å². The van der Waals surface area contributed by atoms with Gasteiger partial charge < -0.3 is 34.8 Å². The van der Waals surface area contributed by atoms with Gasteiger partial charge in [-0.15, -0.1) is 0 Å². The van der Waals surface area contributed by atoms with Crippen molar-refractivity contribution in [2.45, 2.75) is 0 Å². The monoisotopic (exact) mass is 325 g/mol. The Morgan fingerprint density at radius 1 is 0.889 bits per heavy atom. The van der Waals surface area contributed by atoms with Crippen molar-refractivity contribution in [1.82, 2.24) is 24.6 Å². The summed E-state index contributed by atoms with van der Waals surface area (Å²) in [6.45, 7) is 0. The molecule has 8 heteroatoms. The second-order valence-corrected chi connectivity index (χ2v) is 0.283. The average Bonchev–Trinajstić information content (AvgIpc) is 0.811. The minimum atomic E-state index is -1.83. The van der Waals surface area contributed by atoms with E-state index in [0.717, 1.165) is 0 Å². The third-order valence-electron chi connectivity index (χ3n) is 0. The minimum absolute atomic E-state index is 0. The van der Waals surface area contributed by atoms with E-state index in [1.165, 1.54) is 0 Å². The van der Waals surface area contributed by atoms with Gasteiger partial charge in [0.25, 0.3) is 0 Å². The zero-order chi connectivity index (χ0) is 3.58. The van der Waals surface area contributed by atoms with Crippen molar-refractivity contribution in [2.75, 3.05) is 0 Å². The topological polar surface area (TPSA) is 198 Å². The molecule has 0 spiro atoms. The number of hydrogen-bond acceptors (Lipinski definition) is 5. The normalized spacial score (nSPS) is 2.67. The zero-order valence-electron chi connectivity index (χ0n) is 4.95. The number of rotatable bonds is 0. The largest absolute Gasteiger partial charge is 0.503 e. The van der Waals surface area contributed by atoms with Crippen LogP contribution in [0.25, 0.3) is 0 Å². The molecule has 7 nitrogen and oxygen atoms in total. The molecular weight excluding hydrogens is 311 g/mol. The van der Waals surface area contributed by atoms with Crippen molar-refractivity contribution in [3.05, 3.63) is 0 Å². The summed E-state index contributed by atoms with van der Waals surface area (Å²) in [4.78, 5) is 8.56. The van der Waals surface area contributed by atoms with Crippen LogP contribution >= 0.6 is 0 Å². The molecular formula is CH14N4O3Pt. The van der Waals surface area contributed by atoms with E-state index in [1.54, 1.807) is 0 Å². The van der Waals surface area contributed by atoms with Gasteiger partial charge in [0.15, 0.2) is 0 Å². The fourth-order valence-electron chi connectivity index (χ4n) is 0. The van der Waals surface area contributed by atoms with Gasteiger partial charge >= 0.3 is 6.16 Å². The van der Waals surface area contributed by atoms with E-state index in [2.05, 4.69) is 0 Å². The smallest absolute Gasteiger partial charge is 0.450 e. The Kier molecular flexibility index (Phi) is 349. The fraction of sp³-hybridized carbons (Fsp3) is 0. The first-order valence-corrected chi connectivity index (χ1v) is 0.651. The van der Waals surface area contributed by atoms with Crippen LogP contribution in [-0.2, 0) is 21.1 Å². The van der Waals surface area contributed by atoms with E-state index >= 15 is 0 Å². The molecule has 0 amide bonds. The van der Waals surface area contributed by atoms with E-state index in [1.807, 2.05) is 0 Å². The standard InChI is InChI=1S/CH2O3.4H3N.Pt/c2-1(3)4;;;;;/h(H2,2,3,4);4*1H3;. The second-order valence-electron chi connectivity index (χ2n) is 0.283. The first-order valence-electron chi connectivity index (χ1n) is 0.651. The summed E-state index contributed by atoms with van der Waals surface area (Å²) in [5.74, 6) is 0. The van der Waals surface area contributed by atoms with Crippen molar-refractivity contribution in [3.8, 4) is 0 Å². The summed E-state index contributed by atoms with van der Waals surface area (Å²) in [6.07, 6.45) is -1.83. The van der Waals surface area contributed by atoms with Crippen LogP contribution in [0.3, 0.4) is 0 Å². The van der Waals surface area contributed by atoms with Crippen LogP contribution in [0.1, 0.15) is 0 Å². The Balaban J connectivity index is -0.00000000450. The van der Waals surface area contributed by atoms with Gasteiger partial charge in [0.1, 0.15) is 0 Å². The Morgan fingerprint density at radius 2 is 0.889 bits per heavy atom. The van der Waals surface area contributed by atoms with Gasteiger partial charge in [-0.05, 0) is 0 Å². The first-order chi connectivity index (χ1) is 1.73. The van der Waals surface area contributed by atoms with E-state index in [4.69, 9.17) is 15.0 Å². The summed E-state index contributed by atoms with van der Waals surface area (Å²) in [5.41, 5.74) is 0. The molecule has 0 radical (unpaired) electrons. The molecule has 0 aliphatic carbocycles. The van der Waals surface area contributed by atoms with Crippen molar-refractivity contribution in [3.63, 3.8) is 0 Å². The van der Waals surface area contributed by atoms with Gasteiger partial charge in [0.05, 0.1) is 0 Å². The quantitative estimate of drug-likeness (QED) is 0.379. The van der Waals surface area contributed by atoms with Crippen LogP contribution in [-0.4, -0.2) is 16.4 Å². The summed E-state index contributed by atoms with van der Waals surface area (Å²) < 4.78 is 0. The molecule has 0 atom stereocenters. The maximum absolute atomic E-state index is 8.56. The molecule has 0 aromatic heterocycles. The summed E-state index contributed by atoms with van der Waals surface area (Å²) in [7, 11) is 0. The van der Waals surface area contributed by atoms with Crippen molar-refractivity contribution >= 4 is 6.16 Å². The molecule has 9 heavy (non-hydrogen) atoms. The van der Waals surface area contributed by atoms with Crippen LogP contribution < -0.4 is 24.6 Å². The average molecular weight is 325 g/mol. The minimum Gasteiger partial charge on any atom is -0.450 e.